The summed E-state index contributed by atoms with van der Waals surface area (Å²) in [6.07, 6.45) is -4.15. The predicted molar refractivity (Wildman–Crippen MR) is 66.2 cm³/mol. The van der Waals surface area contributed by atoms with Crippen LogP contribution in [0, 0.1) is 5.41 Å². The molecule has 0 radical (unpaired) electrons. The second-order valence-electron chi connectivity index (χ2n) is 4.70. The number of carbonyl (C=O) groups is 1. The van der Waals surface area contributed by atoms with Crippen LogP contribution in [0.1, 0.15) is 13.3 Å². The third-order valence-corrected chi connectivity index (χ3v) is 3.47. The van der Waals surface area contributed by atoms with E-state index in [4.69, 9.17) is 9.84 Å². The molecule has 0 amide bonds. The van der Waals surface area contributed by atoms with Gasteiger partial charge in [0, 0.05) is 19.2 Å². The molecule has 116 valence electrons. The van der Waals surface area contributed by atoms with E-state index in [2.05, 4.69) is 9.97 Å². The molecule has 21 heavy (non-hydrogen) atoms. The minimum Gasteiger partial charge on any atom is -0.481 e. The van der Waals surface area contributed by atoms with Gasteiger partial charge in [0.25, 0.3) is 0 Å². The number of carboxylic acid groups (broad SMARTS) is 1. The lowest BCUT2D eigenvalue weighted by molar-refractivity contribution is -0.225. The van der Waals surface area contributed by atoms with Crippen molar-refractivity contribution >= 4 is 11.8 Å². The lowest BCUT2D eigenvalue weighted by Crippen LogP contribution is -2.47. The van der Waals surface area contributed by atoms with Crippen LogP contribution in [0.15, 0.2) is 12.4 Å². The molecule has 1 fully saturated rings. The standard InChI is InChI=1S/C12H14F3N3O3/c1-2-21-9-5-8(16-7-17-9)18-4-3-11(6-18,10(19)20)12(13,14)15/h5,7H,2-4,6H2,1H3,(H,19,20). The molecular formula is C12H14F3N3O3. The smallest absolute Gasteiger partial charge is 0.406 e. The number of halogens is 3. The molecule has 1 unspecified atom stereocenters. The number of aromatic nitrogens is 2. The number of hydrogen-bond acceptors (Lipinski definition) is 5. The second kappa shape index (κ2) is 5.38. The minimum atomic E-state index is -4.82. The number of alkyl halides is 3. The van der Waals surface area contributed by atoms with Crippen LogP contribution in [0.25, 0.3) is 0 Å². The Hall–Kier alpha value is -2.06. The first kappa shape index (κ1) is 15.3. The number of hydrogen-bond donors (Lipinski definition) is 1. The molecule has 2 rings (SSSR count). The Kier molecular flexibility index (Phi) is 3.93. The van der Waals surface area contributed by atoms with Crippen molar-refractivity contribution in [3.05, 3.63) is 12.4 Å². The monoisotopic (exact) mass is 305 g/mol. The molecule has 6 nitrogen and oxygen atoms in total. The van der Waals surface area contributed by atoms with Gasteiger partial charge in [-0.25, -0.2) is 9.97 Å². The maximum atomic E-state index is 13.1. The molecule has 9 heteroatoms. The normalized spacial score (nSPS) is 22.4. The van der Waals surface area contributed by atoms with E-state index in [0.717, 1.165) is 0 Å². The first-order valence-electron chi connectivity index (χ1n) is 6.30. The van der Waals surface area contributed by atoms with Gasteiger partial charge >= 0.3 is 12.1 Å². The zero-order valence-electron chi connectivity index (χ0n) is 11.2. The first-order chi connectivity index (χ1) is 9.80. The van der Waals surface area contributed by atoms with Gasteiger partial charge in [-0.3, -0.25) is 4.79 Å². The van der Waals surface area contributed by atoms with Crippen molar-refractivity contribution in [2.45, 2.75) is 19.5 Å². The lowest BCUT2D eigenvalue weighted by Gasteiger charge is -2.27. The summed E-state index contributed by atoms with van der Waals surface area (Å²) in [6, 6.07) is 1.40. The van der Waals surface area contributed by atoms with Gasteiger partial charge in [0.2, 0.25) is 5.88 Å². The highest BCUT2D eigenvalue weighted by molar-refractivity contribution is 5.77. The highest BCUT2D eigenvalue weighted by atomic mass is 19.4. The molecule has 0 aromatic carbocycles. The highest BCUT2D eigenvalue weighted by Crippen LogP contribution is 2.46. The van der Waals surface area contributed by atoms with Crippen LogP contribution in [-0.2, 0) is 4.79 Å². The van der Waals surface area contributed by atoms with E-state index < -0.39 is 30.5 Å². The maximum Gasteiger partial charge on any atom is 0.406 e. The van der Waals surface area contributed by atoms with E-state index in [1.165, 1.54) is 17.3 Å². The van der Waals surface area contributed by atoms with Crippen molar-refractivity contribution in [1.82, 2.24) is 9.97 Å². The minimum absolute atomic E-state index is 0.0472. The van der Waals surface area contributed by atoms with E-state index in [1.807, 2.05) is 0 Å². The molecule has 0 aliphatic carbocycles. The van der Waals surface area contributed by atoms with Crippen LogP contribution in [-0.4, -0.2) is 46.9 Å². The van der Waals surface area contributed by atoms with E-state index in [9.17, 15) is 18.0 Å². The molecule has 1 aliphatic heterocycles. The summed E-state index contributed by atoms with van der Waals surface area (Å²) in [5.74, 6) is -1.40. The van der Waals surface area contributed by atoms with Gasteiger partial charge in [0.15, 0.2) is 5.41 Å². The molecule has 2 heterocycles. The zero-order valence-corrected chi connectivity index (χ0v) is 11.2. The van der Waals surface area contributed by atoms with Crippen molar-refractivity contribution in [1.29, 1.82) is 0 Å². The summed E-state index contributed by atoms with van der Waals surface area (Å²) in [7, 11) is 0. The van der Waals surface area contributed by atoms with Crippen LogP contribution in [0.4, 0.5) is 19.0 Å². The fourth-order valence-electron chi connectivity index (χ4n) is 2.26. The van der Waals surface area contributed by atoms with Gasteiger partial charge in [-0.15, -0.1) is 0 Å². The van der Waals surface area contributed by atoms with Crippen molar-refractivity contribution in [2.24, 2.45) is 5.41 Å². The molecule has 0 saturated carbocycles. The fourth-order valence-corrected chi connectivity index (χ4v) is 2.26. The number of aliphatic carboxylic acids is 1. The average molecular weight is 305 g/mol. The van der Waals surface area contributed by atoms with Gasteiger partial charge in [0.1, 0.15) is 12.1 Å². The van der Waals surface area contributed by atoms with E-state index >= 15 is 0 Å². The SMILES string of the molecule is CCOc1cc(N2CCC(C(=O)O)(C(F)(F)F)C2)ncn1. The van der Waals surface area contributed by atoms with Crippen molar-refractivity contribution in [3.8, 4) is 5.88 Å². The van der Waals surface area contributed by atoms with Crippen molar-refractivity contribution < 1.29 is 27.8 Å². The quantitative estimate of drug-likeness (QED) is 0.913. The molecule has 1 aromatic heterocycles. The lowest BCUT2D eigenvalue weighted by atomic mass is 9.86. The van der Waals surface area contributed by atoms with E-state index in [0.29, 0.717) is 6.61 Å². The summed E-state index contributed by atoms with van der Waals surface area (Å²) < 4.78 is 44.4. The zero-order chi connectivity index (χ0) is 15.7. The average Bonchev–Trinajstić information content (AvgIpc) is 2.85. The summed E-state index contributed by atoms with van der Waals surface area (Å²) in [4.78, 5) is 20.1. The van der Waals surface area contributed by atoms with Crippen LogP contribution in [0.5, 0.6) is 5.88 Å². The summed E-state index contributed by atoms with van der Waals surface area (Å²) in [5, 5.41) is 9.00. The van der Waals surface area contributed by atoms with E-state index in [1.54, 1.807) is 6.92 Å². The van der Waals surface area contributed by atoms with Crippen LogP contribution in [0.3, 0.4) is 0 Å². The van der Waals surface area contributed by atoms with E-state index in [-0.39, 0.29) is 18.2 Å². The Morgan fingerprint density at radius 3 is 2.76 bits per heavy atom. The molecule has 0 bridgehead atoms. The summed E-state index contributed by atoms with van der Waals surface area (Å²) in [5.41, 5.74) is -2.76. The third kappa shape index (κ3) is 2.72. The Balaban J connectivity index is 2.25. The third-order valence-electron chi connectivity index (χ3n) is 3.47. The number of ether oxygens (including phenoxy) is 1. The second-order valence-corrected chi connectivity index (χ2v) is 4.70. The summed E-state index contributed by atoms with van der Waals surface area (Å²) in [6.45, 7) is 1.39. The summed E-state index contributed by atoms with van der Waals surface area (Å²) >= 11 is 0. The van der Waals surface area contributed by atoms with Crippen LogP contribution >= 0.6 is 0 Å². The Morgan fingerprint density at radius 1 is 1.52 bits per heavy atom. The molecule has 0 spiro atoms. The van der Waals surface area contributed by atoms with Gasteiger partial charge < -0.3 is 14.7 Å². The number of anilines is 1. The number of nitrogens with zero attached hydrogens (tertiary/aromatic N) is 3. The largest absolute Gasteiger partial charge is 0.481 e. The molecule has 1 aromatic rings. The molecule has 1 aliphatic rings. The number of rotatable bonds is 4. The van der Waals surface area contributed by atoms with Gasteiger partial charge in [-0.1, -0.05) is 0 Å². The van der Waals surface area contributed by atoms with Gasteiger partial charge in [0.05, 0.1) is 6.61 Å². The van der Waals surface area contributed by atoms with Crippen LogP contribution < -0.4 is 9.64 Å². The highest BCUT2D eigenvalue weighted by Gasteiger charge is 2.63. The van der Waals surface area contributed by atoms with Gasteiger partial charge in [-0.2, -0.15) is 13.2 Å². The van der Waals surface area contributed by atoms with Crippen molar-refractivity contribution in [3.63, 3.8) is 0 Å². The van der Waals surface area contributed by atoms with Gasteiger partial charge in [-0.05, 0) is 13.3 Å². The maximum absolute atomic E-state index is 13.1. The first-order valence-corrected chi connectivity index (χ1v) is 6.30. The van der Waals surface area contributed by atoms with Crippen LogP contribution in [0.2, 0.25) is 0 Å². The molecular weight excluding hydrogens is 291 g/mol. The fraction of sp³-hybridized carbons (Fsp3) is 0.583. The Morgan fingerprint density at radius 2 is 2.24 bits per heavy atom. The predicted octanol–water partition coefficient (Wildman–Crippen LogP) is 1.72. The number of carboxylic acids is 1. The van der Waals surface area contributed by atoms with Crippen molar-refractivity contribution in [2.75, 3.05) is 24.6 Å². The molecule has 1 atom stereocenters. The Bertz CT molecular complexity index is 538. The topological polar surface area (TPSA) is 75.5 Å². The Labute approximate surface area is 118 Å². The molecule has 1 N–H and O–H groups in total. The molecule has 1 saturated heterocycles.